The minimum Gasteiger partial charge on any atom is -0.382 e. The lowest BCUT2D eigenvalue weighted by atomic mass is 10.8. The van der Waals surface area contributed by atoms with Crippen molar-refractivity contribution in [2.24, 2.45) is 0 Å². The van der Waals surface area contributed by atoms with Crippen molar-refractivity contribution >= 4 is 35.8 Å². The van der Waals surface area contributed by atoms with Crippen molar-refractivity contribution in [1.29, 1.82) is 0 Å². The maximum atomic E-state index is 4.83. The third-order valence-corrected chi connectivity index (χ3v) is 2.14. The highest BCUT2D eigenvalue weighted by Gasteiger charge is 1.75. The van der Waals surface area contributed by atoms with E-state index in [1.807, 2.05) is 13.8 Å². The molecule has 1 aromatic rings. The van der Waals surface area contributed by atoms with Gasteiger partial charge in [0.05, 0.1) is 0 Å². The van der Waals surface area contributed by atoms with Crippen LogP contribution in [0.3, 0.4) is 0 Å². The predicted octanol–water partition coefficient (Wildman–Crippen LogP) is 2.91. The molecule has 0 aliphatic heterocycles. The van der Waals surface area contributed by atoms with Gasteiger partial charge in [-0.15, -0.1) is 0 Å². The van der Waals surface area contributed by atoms with E-state index < -0.39 is 0 Å². The second-order valence-electron chi connectivity index (χ2n) is 1.71. The Labute approximate surface area is 85.8 Å². The Hall–Kier alpha value is -0.0400. The molecule has 1 heterocycles. The highest BCUT2D eigenvalue weighted by Crippen LogP contribution is 1.94. The Balaban J connectivity index is 0.000000217. The van der Waals surface area contributed by atoms with Crippen LogP contribution in [-0.2, 0) is 4.74 Å². The molecule has 0 radical (unpaired) electrons. The minimum atomic E-state index is 0.699. The minimum absolute atomic E-state index is 0.699. The van der Waals surface area contributed by atoms with E-state index in [0.29, 0.717) is 7.91 Å². The molecule has 2 N–H and O–H groups in total. The van der Waals surface area contributed by atoms with Crippen LogP contribution in [0.5, 0.6) is 0 Å². The van der Waals surface area contributed by atoms with Gasteiger partial charge in [0, 0.05) is 13.2 Å². The van der Waals surface area contributed by atoms with Crippen LogP contribution in [0.4, 0.5) is 0 Å². The van der Waals surface area contributed by atoms with Gasteiger partial charge in [0.15, 0.2) is 7.91 Å². The van der Waals surface area contributed by atoms with Crippen molar-refractivity contribution in [3.05, 3.63) is 7.91 Å². The molecule has 0 fully saturated rings. The lowest BCUT2D eigenvalue weighted by molar-refractivity contribution is 0.162. The van der Waals surface area contributed by atoms with Gasteiger partial charge in [-0.25, -0.2) is 0 Å². The molecule has 0 saturated heterocycles. The number of hydrogen-bond donors (Lipinski definition) is 2. The molecule has 1 rings (SSSR count). The number of aromatic nitrogens is 2. The Morgan fingerprint density at radius 2 is 1.58 bits per heavy atom. The van der Waals surface area contributed by atoms with E-state index in [0.717, 1.165) is 13.2 Å². The molecule has 0 unspecified atom stereocenters. The SMILES string of the molecule is CCOCC.S=c1[nH][nH]c(=S)s1. The van der Waals surface area contributed by atoms with Gasteiger partial charge in [-0.3, -0.25) is 10.2 Å². The van der Waals surface area contributed by atoms with E-state index in [2.05, 4.69) is 10.2 Å². The van der Waals surface area contributed by atoms with Crippen molar-refractivity contribution in [1.82, 2.24) is 10.2 Å². The van der Waals surface area contributed by atoms with Crippen LogP contribution in [0.2, 0.25) is 0 Å². The summed E-state index contributed by atoms with van der Waals surface area (Å²) in [7, 11) is 0. The van der Waals surface area contributed by atoms with E-state index >= 15 is 0 Å². The first-order chi connectivity index (χ1) is 5.70. The number of nitrogens with one attached hydrogen (secondary N) is 2. The fourth-order valence-corrected chi connectivity index (χ4v) is 1.57. The molecule has 70 valence electrons. The molecule has 12 heavy (non-hydrogen) atoms. The number of hydrogen-bond acceptors (Lipinski definition) is 4. The average Bonchev–Trinajstić information content (AvgIpc) is 2.38. The fraction of sp³-hybridized carbons (Fsp3) is 0.667. The van der Waals surface area contributed by atoms with Gasteiger partial charge in [-0.2, -0.15) is 0 Å². The first kappa shape index (κ1) is 12.0. The van der Waals surface area contributed by atoms with E-state index in [9.17, 15) is 0 Å². The van der Waals surface area contributed by atoms with E-state index in [1.54, 1.807) is 0 Å². The van der Waals surface area contributed by atoms with E-state index in [1.165, 1.54) is 11.3 Å². The van der Waals surface area contributed by atoms with Crippen LogP contribution in [0.25, 0.3) is 0 Å². The number of H-pyrrole nitrogens is 2. The summed E-state index contributed by atoms with van der Waals surface area (Å²) in [5.41, 5.74) is 0. The molecule has 0 aliphatic rings. The topological polar surface area (TPSA) is 40.8 Å². The van der Waals surface area contributed by atoms with Gasteiger partial charge in [0.2, 0.25) is 0 Å². The average molecular weight is 224 g/mol. The largest absolute Gasteiger partial charge is 0.382 e. The molecule has 0 aliphatic carbocycles. The molecule has 3 nitrogen and oxygen atoms in total. The summed E-state index contributed by atoms with van der Waals surface area (Å²) < 4.78 is 6.23. The monoisotopic (exact) mass is 224 g/mol. The zero-order valence-corrected chi connectivity index (χ0v) is 9.50. The third-order valence-electron chi connectivity index (χ3n) is 0.860. The standard InChI is InChI=1S/C4H10O.C2H2N2S3/c1-3-5-4-2;5-1-3-4-2(6)7-1/h3-4H2,1-2H3;(H,3,5)(H,4,6). The molecule has 6 heteroatoms. The zero-order valence-electron chi connectivity index (χ0n) is 7.05. The predicted molar refractivity (Wildman–Crippen MR) is 56.9 cm³/mol. The van der Waals surface area contributed by atoms with Crippen molar-refractivity contribution in [2.75, 3.05) is 13.2 Å². The van der Waals surface area contributed by atoms with Crippen LogP contribution in [0.15, 0.2) is 0 Å². The molecule has 0 amide bonds. The fourth-order valence-electron chi connectivity index (χ4n) is 0.441. The number of ether oxygens (including phenoxy) is 1. The van der Waals surface area contributed by atoms with Crippen molar-refractivity contribution < 1.29 is 4.74 Å². The highest BCUT2D eigenvalue weighted by molar-refractivity contribution is 7.75. The molecule has 0 saturated carbocycles. The molecule has 0 bridgehead atoms. The van der Waals surface area contributed by atoms with Crippen LogP contribution in [0.1, 0.15) is 13.8 Å². The summed E-state index contributed by atoms with van der Waals surface area (Å²) >= 11 is 10.8. The van der Waals surface area contributed by atoms with Crippen LogP contribution >= 0.6 is 35.8 Å². The van der Waals surface area contributed by atoms with Gasteiger partial charge in [0.1, 0.15) is 0 Å². The smallest absolute Gasteiger partial charge is 0.175 e. The summed E-state index contributed by atoms with van der Waals surface area (Å²) in [6.07, 6.45) is 0. The number of rotatable bonds is 2. The quantitative estimate of drug-likeness (QED) is 0.759. The van der Waals surface area contributed by atoms with E-state index in [4.69, 9.17) is 29.2 Å². The molecular weight excluding hydrogens is 212 g/mol. The first-order valence-corrected chi connectivity index (χ1v) is 5.19. The Morgan fingerprint density at radius 3 is 1.67 bits per heavy atom. The maximum absolute atomic E-state index is 4.83. The van der Waals surface area contributed by atoms with Crippen molar-refractivity contribution in [3.8, 4) is 0 Å². The first-order valence-electron chi connectivity index (χ1n) is 3.56. The maximum Gasteiger partial charge on any atom is 0.175 e. The second kappa shape index (κ2) is 7.60. The van der Waals surface area contributed by atoms with Gasteiger partial charge in [-0.1, -0.05) is 11.3 Å². The Bertz CT molecular complexity index is 261. The Kier molecular flexibility index (Phi) is 7.58. The van der Waals surface area contributed by atoms with Gasteiger partial charge < -0.3 is 4.74 Å². The highest BCUT2D eigenvalue weighted by atomic mass is 32.2. The summed E-state index contributed by atoms with van der Waals surface area (Å²) in [4.78, 5) is 0. The Morgan fingerprint density at radius 1 is 1.17 bits per heavy atom. The van der Waals surface area contributed by atoms with Gasteiger partial charge in [0.25, 0.3) is 0 Å². The van der Waals surface area contributed by atoms with Gasteiger partial charge >= 0.3 is 0 Å². The summed E-state index contributed by atoms with van der Waals surface area (Å²) in [6, 6.07) is 0. The van der Waals surface area contributed by atoms with Crippen molar-refractivity contribution in [2.45, 2.75) is 13.8 Å². The molecular formula is C6H12N2OS3. The summed E-state index contributed by atoms with van der Waals surface area (Å²) in [6.45, 7) is 5.67. The van der Waals surface area contributed by atoms with E-state index in [-0.39, 0.29) is 0 Å². The van der Waals surface area contributed by atoms with Crippen LogP contribution in [-0.4, -0.2) is 23.4 Å². The number of aromatic amines is 2. The summed E-state index contributed by atoms with van der Waals surface area (Å²) in [5, 5.41) is 5.34. The normalized spacial score (nSPS) is 8.83. The zero-order chi connectivity index (χ0) is 9.40. The molecule has 0 spiro atoms. The lowest BCUT2D eigenvalue weighted by Crippen LogP contribution is -1.84. The molecule has 0 aromatic carbocycles. The molecule has 0 atom stereocenters. The second-order valence-corrected chi connectivity index (χ2v) is 4.06. The molecule has 1 aromatic heterocycles. The third kappa shape index (κ3) is 6.66. The van der Waals surface area contributed by atoms with Crippen LogP contribution in [0, 0.1) is 7.91 Å². The van der Waals surface area contributed by atoms with Crippen molar-refractivity contribution in [3.63, 3.8) is 0 Å². The lowest BCUT2D eigenvalue weighted by Gasteiger charge is -1.86. The van der Waals surface area contributed by atoms with Gasteiger partial charge in [-0.05, 0) is 38.3 Å². The summed E-state index contributed by atoms with van der Waals surface area (Å²) in [5.74, 6) is 0. The van der Waals surface area contributed by atoms with Crippen LogP contribution < -0.4 is 0 Å².